The number of hydrogen-bond acceptors (Lipinski definition) is 8. The van der Waals surface area contributed by atoms with Gasteiger partial charge in [0.2, 0.25) is 11.8 Å². The Balaban J connectivity index is 1.60. The van der Waals surface area contributed by atoms with Crippen LogP contribution in [0, 0.1) is 6.92 Å². The first kappa shape index (κ1) is 19.0. The number of furan rings is 1. The predicted octanol–water partition coefficient (Wildman–Crippen LogP) is 2.00. The van der Waals surface area contributed by atoms with Crippen molar-refractivity contribution >= 4 is 11.6 Å². The highest BCUT2D eigenvalue weighted by atomic mass is 16.5. The quantitative estimate of drug-likeness (QED) is 0.437. The third-order valence-electron chi connectivity index (χ3n) is 4.44. The van der Waals surface area contributed by atoms with Gasteiger partial charge in [-0.15, -0.1) is 0 Å². The standard InChI is InChI=1S/C20H23N7O2/c1-13-6-7-17(29-13)19-26-20(21)25-18-14(11-23-27(18)19)10-15-4-3-5-16(24-15)12-22-8-9-28-2/h3-7,11,22H,8-10,12H2,1-2H3,(H2,21,25). The summed E-state index contributed by atoms with van der Waals surface area (Å²) in [5.74, 6) is 2.08. The van der Waals surface area contributed by atoms with Gasteiger partial charge < -0.3 is 20.2 Å². The normalized spacial score (nSPS) is 11.4. The average molecular weight is 393 g/mol. The van der Waals surface area contributed by atoms with E-state index in [4.69, 9.17) is 19.9 Å². The lowest BCUT2D eigenvalue weighted by molar-refractivity contribution is 0.199. The summed E-state index contributed by atoms with van der Waals surface area (Å²) in [7, 11) is 1.69. The molecule has 0 aliphatic rings. The summed E-state index contributed by atoms with van der Waals surface area (Å²) >= 11 is 0. The molecule has 0 aromatic carbocycles. The first-order chi connectivity index (χ1) is 14.1. The topological polar surface area (TPSA) is 116 Å². The van der Waals surface area contributed by atoms with Crippen molar-refractivity contribution in [2.24, 2.45) is 0 Å². The van der Waals surface area contributed by atoms with Gasteiger partial charge in [0.1, 0.15) is 5.76 Å². The maximum absolute atomic E-state index is 5.95. The lowest BCUT2D eigenvalue weighted by atomic mass is 10.1. The van der Waals surface area contributed by atoms with Crippen LogP contribution in [0.3, 0.4) is 0 Å². The summed E-state index contributed by atoms with van der Waals surface area (Å²) in [6.45, 7) is 4.01. The summed E-state index contributed by atoms with van der Waals surface area (Å²) in [5.41, 5.74) is 9.42. The molecule has 0 aliphatic heterocycles. The molecule has 4 heterocycles. The second-order valence-corrected chi connectivity index (χ2v) is 6.69. The molecule has 4 aromatic rings. The zero-order valence-electron chi connectivity index (χ0n) is 16.4. The van der Waals surface area contributed by atoms with E-state index >= 15 is 0 Å². The fourth-order valence-electron chi connectivity index (χ4n) is 3.09. The van der Waals surface area contributed by atoms with E-state index in [0.29, 0.717) is 36.8 Å². The molecule has 0 saturated carbocycles. The van der Waals surface area contributed by atoms with Gasteiger partial charge >= 0.3 is 0 Å². The molecular weight excluding hydrogens is 370 g/mol. The Morgan fingerprint density at radius 2 is 2.00 bits per heavy atom. The summed E-state index contributed by atoms with van der Waals surface area (Å²) in [5, 5.41) is 7.76. The van der Waals surface area contributed by atoms with Crippen LogP contribution in [-0.2, 0) is 17.7 Å². The fourth-order valence-corrected chi connectivity index (χ4v) is 3.09. The number of anilines is 1. The van der Waals surface area contributed by atoms with Crippen molar-refractivity contribution in [3.05, 3.63) is 59.2 Å². The molecule has 0 amide bonds. The van der Waals surface area contributed by atoms with Crippen molar-refractivity contribution in [1.82, 2.24) is 29.9 Å². The Bertz CT molecular complexity index is 1120. The molecular formula is C20H23N7O2. The van der Waals surface area contributed by atoms with Crippen LogP contribution >= 0.6 is 0 Å². The van der Waals surface area contributed by atoms with Gasteiger partial charge in [0.05, 0.1) is 18.5 Å². The van der Waals surface area contributed by atoms with Crippen LogP contribution in [0.2, 0.25) is 0 Å². The van der Waals surface area contributed by atoms with Gasteiger partial charge in [-0.3, -0.25) is 4.98 Å². The lowest BCUT2D eigenvalue weighted by Crippen LogP contribution is -2.19. The molecule has 150 valence electrons. The van der Waals surface area contributed by atoms with E-state index in [2.05, 4.69) is 20.4 Å². The molecule has 9 nitrogen and oxygen atoms in total. The zero-order valence-corrected chi connectivity index (χ0v) is 16.4. The molecule has 9 heteroatoms. The van der Waals surface area contributed by atoms with Gasteiger partial charge in [-0.1, -0.05) is 6.07 Å². The Kier molecular flexibility index (Phi) is 5.50. The van der Waals surface area contributed by atoms with Crippen LogP contribution in [0.5, 0.6) is 0 Å². The van der Waals surface area contributed by atoms with Gasteiger partial charge in [-0.25, -0.2) is 0 Å². The largest absolute Gasteiger partial charge is 0.458 e. The summed E-state index contributed by atoms with van der Waals surface area (Å²) < 4.78 is 12.4. The minimum absolute atomic E-state index is 0.173. The van der Waals surface area contributed by atoms with Crippen LogP contribution in [-0.4, -0.2) is 44.8 Å². The van der Waals surface area contributed by atoms with Crippen LogP contribution < -0.4 is 11.1 Å². The number of nitrogens with zero attached hydrogens (tertiary/aromatic N) is 5. The van der Waals surface area contributed by atoms with Gasteiger partial charge in [-0.2, -0.15) is 19.6 Å². The number of fused-ring (bicyclic) bond motifs is 1. The minimum Gasteiger partial charge on any atom is -0.458 e. The maximum Gasteiger partial charge on any atom is 0.224 e. The molecule has 0 aliphatic carbocycles. The molecule has 4 aromatic heterocycles. The first-order valence-electron chi connectivity index (χ1n) is 9.35. The van der Waals surface area contributed by atoms with E-state index in [1.807, 2.05) is 37.3 Å². The summed E-state index contributed by atoms with van der Waals surface area (Å²) in [6, 6.07) is 9.71. The number of aromatic nitrogens is 5. The number of pyridine rings is 1. The van der Waals surface area contributed by atoms with E-state index in [0.717, 1.165) is 29.3 Å². The van der Waals surface area contributed by atoms with E-state index in [1.54, 1.807) is 17.8 Å². The Labute approximate surface area is 167 Å². The molecule has 4 rings (SSSR count). The molecule has 0 fully saturated rings. The first-order valence-corrected chi connectivity index (χ1v) is 9.35. The Morgan fingerprint density at radius 3 is 2.79 bits per heavy atom. The van der Waals surface area contributed by atoms with Gasteiger partial charge in [0.15, 0.2) is 11.4 Å². The van der Waals surface area contributed by atoms with E-state index in [1.165, 1.54) is 0 Å². The minimum atomic E-state index is 0.173. The second kappa shape index (κ2) is 8.38. The van der Waals surface area contributed by atoms with Crippen LogP contribution in [0.4, 0.5) is 5.95 Å². The number of ether oxygens (including phenoxy) is 1. The molecule has 0 spiro atoms. The predicted molar refractivity (Wildman–Crippen MR) is 108 cm³/mol. The highest BCUT2D eigenvalue weighted by Gasteiger charge is 2.16. The third-order valence-corrected chi connectivity index (χ3v) is 4.44. The lowest BCUT2D eigenvalue weighted by Gasteiger charge is -2.06. The highest BCUT2D eigenvalue weighted by molar-refractivity contribution is 5.59. The van der Waals surface area contributed by atoms with E-state index in [-0.39, 0.29) is 5.95 Å². The summed E-state index contributed by atoms with van der Waals surface area (Å²) in [4.78, 5) is 13.4. The average Bonchev–Trinajstić information content (AvgIpc) is 3.32. The highest BCUT2D eigenvalue weighted by Crippen LogP contribution is 2.23. The SMILES string of the molecule is COCCNCc1cccc(Cc2cnn3c(-c4ccc(C)o4)nc(N)nc23)n1. The van der Waals surface area contributed by atoms with Gasteiger partial charge in [0.25, 0.3) is 0 Å². The van der Waals surface area contributed by atoms with E-state index < -0.39 is 0 Å². The van der Waals surface area contributed by atoms with Crippen molar-refractivity contribution in [3.8, 4) is 11.6 Å². The smallest absolute Gasteiger partial charge is 0.224 e. The van der Waals surface area contributed by atoms with Gasteiger partial charge in [-0.05, 0) is 31.2 Å². The Hall–Kier alpha value is -3.30. The van der Waals surface area contributed by atoms with Crippen molar-refractivity contribution < 1.29 is 9.15 Å². The van der Waals surface area contributed by atoms with Crippen molar-refractivity contribution in [2.75, 3.05) is 26.0 Å². The number of nitrogen functional groups attached to an aromatic ring is 1. The van der Waals surface area contributed by atoms with Crippen molar-refractivity contribution in [2.45, 2.75) is 19.9 Å². The molecule has 0 saturated heterocycles. The van der Waals surface area contributed by atoms with Crippen molar-refractivity contribution in [1.29, 1.82) is 0 Å². The molecule has 0 bridgehead atoms. The number of nitrogens with one attached hydrogen (secondary N) is 1. The number of methoxy groups -OCH3 is 1. The number of hydrogen-bond donors (Lipinski definition) is 2. The Morgan fingerprint density at radius 1 is 1.14 bits per heavy atom. The number of aryl methyl sites for hydroxylation is 1. The van der Waals surface area contributed by atoms with Gasteiger partial charge in [0, 0.05) is 37.9 Å². The van der Waals surface area contributed by atoms with E-state index in [9.17, 15) is 0 Å². The number of nitrogens with two attached hydrogens (primary N) is 1. The molecule has 29 heavy (non-hydrogen) atoms. The van der Waals surface area contributed by atoms with Crippen LogP contribution in [0.1, 0.15) is 22.7 Å². The van der Waals surface area contributed by atoms with Crippen LogP contribution in [0.25, 0.3) is 17.2 Å². The maximum atomic E-state index is 5.95. The molecule has 0 radical (unpaired) electrons. The fraction of sp³-hybridized carbons (Fsp3) is 0.300. The molecule has 3 N–H and O–H groups in total. The summed E-state index contributed by atoms with van der Waals surface area (Å²) in [6.07, 6.45) is 2.36. The second-order valence-electron chi connectivity index (χ2n) is 6.69. The molecule has 0 atom stereocenters. The molecule has 0 unspecified atom stereocenters. The van der Waals surface area contributed by atoms with Crippen molar-refractivity contribution in [3.63, 3.8) is 0 Å². The monoisotopic (exact) mass is 393 g/mol. The zero-order chi connectivity index (χ0) is 20.2. The van der Waals surface area contributed by atoms with Crippen LogP contribution in [0.15, 0.2) is 40.9 Å². The number of rotatable bonds is 8. The third kappa shape index (κ3) is 4.25.